The van der Waals surface area contributed by atoms with Crippen LogP contribution in [0, 0.1) is 0 Å². The van der Waals surface area contributed by atoms with Crippen molar-refractivity contribution in [1.29, 1.82) is 0 Å². The van der Waals surface area contributed by atoms with Gasteiger partial charge in [0.25, 0.3) is 0 Å². The van der Waals surface area contributed by atoms with Gasteiger partial charge in [-0.15, -0.1) is 0 Å². The zero-order valence-electron chi connectivity index (χ0n) is 13.4. The van der Waals surface area contributed by atoms with Crippen LogP contribution in [-0.2, 0) is 25.9 Å². The molecule has 1 aromatic heterocycles. The molecule has 0 aromatic carbocycles. The number of hydrogen-bond acceptors (Lipinski definition) is 5. The second kappa shape index (κ2) is 6.37. The van der Waals surface area contributed by atoms with E-state index in [2.05, 4.69) is 4.98 Å². The molecule has 22 heavy (non-hydrogen) atoms. The molecule has 0 radical (unpaired) electrons. The summed E-state index contributed by atoms with van der Waals surface area (Å²) in [6.45, 7) is 8.31. The lowest BCUT2D eigenvalue weighted by molar-refractivity contribution is -0.142. The second-order valence-electron chi connectivity index (χ2n) is 5.68. The van der Waals surface area contributed by atoms with Crippen LogP contribution in [-0.4, -0.2) is 59.3 Å². The van der Waals surface area contributed by atoms with E-state index in [4.69, 9.17) is 4.74 Å². The molecule has 2 heterocycles. The summed E-state index contributed by atoms with van der Waals surface area (Å²) >= 11 is 0. The molecule has 1 aliphatic heterocycles. The van der Waals surface area contributed by atoms with Gasteiger partial charge in [0, 0.05) is 32.0 Å². The summed E-state index contributed by atoms with van der Waals surface area (Å²) in [5, 5.41) is -1.21. The van der Waals surface area contributed by atoms with Crippen molar-refractivity contribution in [3.05, 3.63) is 12.4 Å². The predicted molar refractivity (Wildman–Crippen MR) is 81.1 cm³/mol. The van der Waals surface area contributed by atoms with Gasteiger partial charge in [-0.3, -0.25) is 4.79 Å². The van der Waals surface area contributed by atoms with Gasteiger partial charge in [0.1, 0.15) is 5.25 Å². The van der Waals surface area contributed by atoms with Crippen LogP contribution in [0.25, 0.3) is 0 Å². The highest BCUT2D eigenvalue weighted by atomic mass is 32.2. The van der Waals surface area contributed by atoms with Crippen LogP contribution in [0.3, 0.4) is 0 Å². The normalized spacial score (nSPS) is 24.3. The van der Waals surface area contributed by atoms with E-state index in [0.717, 1.165) is 0 Å². The van der Waals surface area contributed by atoms with Crippen LogP contribution < -0.4 is 0 Å². The average Bonchev–Trinajstić information content (AvgIpc) is 2.93. The summed E-state index contributed by atoms with van der Waals surface area (Å²) in [5.74, 6) is -0.396. The number of rotatable bonds is 4. The van der Waals surface area contributed by atoms with Gasteiger partial charge in [0.2, 0.25) is 20.9 Å². The molecule has 0 aliphatic carbocycles. The average molecular weight is 329 g/mol. The Hall–Kier alpha value is -1.41. The monoisotopic (exact) mass is 329 g/mol. The molecular formula is C14H23N3O4S. The second-order valence-corrected chi connectivity index (χ2v) is 7.85. The van der Waals surface area contributed by atoms with E-state index < -0.39 is 21.0 Å². The fraction of sp³-hybridized carbons (Fsp3) is 0.714. The Balaban J connectivity index is 2.23. The first-order valence-electron chi connectivity index (χ1n) is 7.46. The molecular weight excluding hydrogens is 306 g/mol. The Morgan fingerprint density at radius 2 is 2.00 bits per heavy atom. The van der Waals surface area contributed by atoms with Gasteiger partial charge in [0.15, 0.2) is 0 Å². The minimum absolute atomic E-state index is 0.0507. The number of carbonyl (C=O) groups excluding carboxylic acids is 1. The molecule has 124 valence electrons. The van der Waals surface area contributed by atoms with E-state index >= 15 is 0 Å². The Morgan fingerprint density at radius 3 is 2.55 bits per heavy atom. The lowest BCUT2D eigenvalue weighted by atomic mass is 10.2. The van der Waals surface area contributed by atoms with Gasteiger partial charge in [-0.05, 0) is 27.7 Å². The fourth-order valence-corrected chi connectivity index (χ4v) is 4.15. The molecule has 1 amide bonds. The molecule has 7 nitrogen and oxygen atoms in total. The molecule has 0 bridgehead atoms. The topological polar surface area (TPSA) is 81.5 Å². The number of imidazole rings is 1. The molecule has 0 N–H and O–H groups in total. The van der Waals surface area contributed by atoms with Crippen molar-refractivity contribution in [3.8, 4) is 0 Å². The number of aryl methyl sites for hydroxylation is 1. The fourth-order valence-electron chi connectivity index (χ4n) is 2.70. The first-order valence-corrected chi connectivity index (χ1v) is 9.01. The quantitative estimate of drug-likeness (QED) is 0.812. The first-order chi connectivity index (χ1) is 10.3. The number of hydrogen-bond donors (Lipinski definition) is 0. The van der Waals surface area contributed by atoms with Crippen LogP contribution in [0.2, 0.25) is 0 Å². The van der Waals surface area contributed by atoms with Crippen molar-refractivity contribution in [2.75, 3.05) is 13.1 Å². The van der Waals surface area contributed by atoms with E-state index in [1.54, 1.807) is 11.1 Å². The molecule has 1 aliphatic rings. The number of nitrogens with zero attached hydrogens (tertiary/aromatic N) is 3. The Morgan fingerprint density at radius 1 is 1.41 bits per heavy atom. The highest BCUT2D eigenvalue weighted by molar-refractivity contribution is 7.92. The molecule has 3 atom stereocenters. The molecule has 1 saturated heterocycles. The number of carbonyl (C=O) groups is 1. The maximum atomic E-state index is 12.7. The molecule has 2 rings (SSSR count). The van der Waals surface area contributed by atoms with E-state index in [1.165, 1.54) is 17.7 Å². The summed E-state index contributed by atoms with van der Waals surface area (Å²) in [6.07, 6.45) is 2.84. The lowest BCUT2D eigenvalue weighted by Crippen LogP contribution is -2.52. The Bertz CT molecular complexity index is 630. The van der Waals surface area contributed by atoms with Crippen molar-refractivity contribution in [1.82, 2.24) is 14.5 Å². The zero-order chi connectivity index (χ0) is 16.5. The summed E-state index contributed by atoms with van der Waals surface area (Å²) < 4.78 is 32.4. The molecule has 0 saturated carbocycles. The van der Waals surface area contributed by atoms with E-state index in [-0.39, 0.29) is 17.4 Å². The van der Waals surface area contributed by atoms with Crippen LogP contribution in [0.1, 0.15) is 27.7 Å². The Labute approximate surface area is 131 Å². The third-order valence-corrected chi connectivity index (χ3v) is 5.80. The van der Waals surface area contributed by atoms with Crippen LogP contribution in [0.15, 0.2) is 17.6 Å². The summed E-state index contributed by atoms with van der Waals surface area (Å²) in [4.78, 5) is 18.1. The van der Waals surface area contributed by atoms with Gasteiger partial charge in [-0.25, -0.2) is 13.4 Å². The third-order valence-electron chi connectivity index (χ3n) is 3.82. The summed E-state index contributed by atoms with van der Waals surface area (Å²) in [6, 6.07) is 0. The van der Waals surface area contributed by atoms with Crippen molar-refractivity contribution in [2.45, 2.75) is 56.9 Å². The third kappa shape index (κ3) is 3.17. The van der Waals surface area contributed by atoms with Crippen molar-refractivity contribution in [3.63, 3.8) is 0 Å². The largest absolute Gasteiger partial charge is 0.372 e. The maximum Gasteiger partial charge on any atom is 0.241 e. The van der Waals surface area contributed by atoms with Gasteiger partial charge in [-0.2, -0.15) is 0 Å². The molecule has 1 fully saturated rings. The standard InChI is InChI=1S/C14H23N3O4S/c1-5-16-7-6-15-14(16)22(19,20)12(4)13(18)17-8-10(2)21-11(3)9-17/h6-7,10-12H,5,8-9H2,1-4H3/t10-,11-,12-/m1/s1. The van der Waals surface area contributed by atoms with Crippen molar-refractivity contribution >= 4 is 15.7 Å². The van der Waals surface area contributed by atoms with Gasteiger partial charge < -0.3 is 14.2 Å². The predicted octanol–water partition coefficient (Wildman–Crippen LogP) is 0.701. The zero-order valence-corrected chi connectivity index (χ0v) is 14.2. The highest BCUT2D eigenvalue weighted by Crippen LogP contribution is 2.19. The molecule has 0 spiro atoms. The summed E-state index contributed by atoms with van der Waals surface area (Å²) in [7, 11) is -3.80. The highest BCUT2D eigenvalue weighted by Gasteiger charge is 2.37. The van der Waals surface area contributed by atoms with Gasteiger partial charge >= 0.3 is 0 Å². The SMILES string of the molecule is CCn1ccnc1S(=O)(=O)[C@H](C)C(=O)N1C[C@@H](C)O[C@H](C)C1. The first kappa shape index (κ1) is 17.0. The number of ether oxygens (including phenoxy) is 1. The van der Waals surface area contributed by atoms with Crippen molar-refractivity contribution in [2.24, 2.45) is 0 Å². The maximum absolute atomic E-state index is 12.7. The molecule has 0 unspecified atom stereocenters. The number of morpholine rings is 1. The van der Waals surface area contributed by atoms with Crippen molar-refractivity contribution < 1.29 is 17.9 Å². The lowest BCUT2D eigenvalue weighted by Gasteiger charge is -2.36. The van der Waals surface area contributed by atoms with Crippen LogP contribution >= 0.6 is 0 Å². The van der Waals surface area contributed by atoms with Gasteiger partial charge in [-0.1, -0.05) is 0 Å². The Kier molecular flexibility index (Phi) is 4.91. The van der Waals surface area contributed by atoms with E-state index in [0.29, 0.717) is 19.6 Å². The molecule has 1 aromatic rings. The van der Waals surface area contributed by atoms with Crippen LogP contribution in [0.5, 0.6) is 0 Å². The summed E-state index contributed by atoms with van der Waals surface area (Å²) in [5.41, 5.74) is 0. The van der Waals surface area contributed by atoms with Crippen LogP contribution in [0.4, 0.5) is 0 Å². The van der Waals surface area contributed by atoms with E-state index in [9.17, 15) is 13.2 Å². The number of aromatic nitrogens is 2. The minimum atomic E-state index is -3.80. The minimum Gasteiger partial charge on any atom is -0.372 e. The van der Waals surface area contributed by atoms with Gasteiger partial charge in [0.05, 0.1) is 12.2 Å². The smallest absolute Gasteiger partial charge is 0.241 e. The molecule has 8 heteroatoms. The van der Waals surface area contributed by atoms with E-state index in [1.807, 2.05) is 20.8 Å². The number of sulfone groups is 1. The number of amides is 1.